The second-order valence-electron chi connectivity index (χ2n) is 2.37. The molecule has 0 spiro atoms. The van der Waals surface area contributed by atoms with E-state index < -0.39 is 6.36 Å². The first-order chi connectivity index (χ1) is 6.42. The summed E-state index contributed by atoms with van der Waals surface area (Å²) in [5.41, 5.74) is 0.437. The summed E-state index contributed by atoms with van der Waals surface area (Å²) in [7, 11) is 0. The Labute approximate surface area is 87.3 Å². The van der Waals surface area contributed by atoms with E-state index in [0.717, 1.165) is 0 Å². The second kappa shape index (κ2) is 4.04. The minimum atomic E-state index is -4.69. The average Bonchev–Trinajstić information content (AvgIpc) is 2.06. The third kappa shape index (κ3) is 3.06. The van der Waals surface area contributed by atoms with Gasteiger partial charge in [0, 0.05) is 0 Å². The SMILES string of the molecule is C=[C]c1ccc(Br)c(OC(F)(F)F)c1. The summed E-state index contributed by atoms with van der Waals surface area (Å²) in [6.07, 6.45) is -2.23. The van der Waals surface area contributed by atoms with Crippen LogP contribution in [0.1, 0.15) is 5.56 Å². The van der Waals surface area contributed by atoms with E-state index in [4.69, 9.17) is 0 Å². The number of hydrogen-bond donors (Lipinski definition) is 0. The molecule has 1 aromatic rings. The van der Waals surface area contributed by atoms with Crippen molar-refractivity contribution >= 4 is 15.9 Å². The molecule has 0 aliphatic carbocycles. The molecule has 1 aromatic carbocycles. The van der Waals surface area contributed by atoms with E-state index in [1.165, 1.54) is 12.1 Å². The highest BCUT2D eigenvalue weighted by molar-refractivity contribution is 9.10. The predicted octanol–water partition coefficient (Wildman–Crippen LogP) is 3.68. The Hall–Kier alpha value is -0.970. The first-order valence-electron chi connectivity index (χ1n) is 3.51. The Kier molecular flexibility index (Phi) is 3.21. The van der Waals surface area contributed by atoms with Gasteiger partial charge in [0.15, 0.2) is 0 Å². The molecule has 0 amide bonds. The molecule has 0 saturated heterocycles. The third-order valence-electron chi connectivity index (χ3n) is 1.36. The van der Waals surface area contributed by atoms with Gasteiger partial charge in [-0.15, -0.1) is 13.2 Å². The lowest BCUT2D eigenvalue weighted by molar-refractivity contribution is -0.274. The summed E-state index contributed by atoms with van der Waals surface area (Å²) < 4.78 is 39.6. The molecule has 14 heavy (non-hydrogen) atoms. The van der Waals surface area contributed by atoms with Crippen LogP contribution in [0.3, 0.4) is 0 Å². The van der Waals surface area contributed by atoms with Gasteiger partial charge in [-0.2, -0.15) is 0 Å². The number of halogens is 4. The Bertz CT molecular complexity index is 346. The highest BCUT2D eigenvalue weighted by Crippen LogP contribution is 2.31. The van der Waals surface area contributed by atoms with Crippen LogP contribution in [-0.2, 0) is 0 Å². The zero-order valence-corrected chi connectivity index (χ0v) is 8.45. The molecule has 0 aliphatic heterocycles. The normalized spacial score (nSPS) is 11.1. The van der Waals surface area contributed by atoms with E-state index in [1.807, 2.05) is 0 Å². The van der Waals surface area contributed by atoms with E-state index in [0.29, 0.717) is 5.56 Å². The number of hydrogen-bond acceptors (Lipinski definition) is 1. The summed E-state index contributed by atoms with van der Waals surface area (Å²) >= 11 is 2.94. The summed E-state index contributed by atoms with van der Waals surface area (Å²) in [6, 6.07) is 4.21. The zero-order chi connectivity index (χ0) is 10.8. The van der Waals surface area contributed by atoms with Crippen molar-refractivity contribution in [3.8, 4) is 5.75 Å². The molecule has 0 bridgehead atoms. The first kappa shape index (κ1) is 11.1. The quantitative estimate of drug-likeness (QED) is 0.793. The summed E-state index contributed by atoms with van der Waals surface area (Å²) in [4.78, 5) is 0. The van der Waals surface area contributed by atoms with Crippen LogP contribution in [0.25, 0.3) is 0 Å². The molecule has 0 atom stereocenters. The van der Waals surface area contributed by atoms with Gasteiger partial charge in [0.2, 0.25) is 0 Å². The summed E-state index contributed by atoms with van der Waals surface area (Å²) in [5, 5.41) is 0. The fourth-order valence-corrected chi connectivity index (χ4v) is 1.14. The second-order valence-corrected chi connectivity index (χ2v) is 3.22. The number of rotatable bonds is 2. The minimum absolute atomic E-state index is 0.230. The lowest BCUT2D eigenvalue weighted by Gasteiger charge is -2.10. The molecule has 0 aromatic heterocycles. The molecular formula is C9H5BrF3O. The molecule has 0 aliphatic rings. The molecule has 0 heterocycles. The molecule has 0 unspecified atom stereocenters. The van der Waals surface area contributed by atoms with Crippen molar-refractivity contribution < 1.29 is 17.9 Å². The van der Waals surface area contributed by atoms with Crippen molar-refractivity contribution in [3.63, 3.8) is 0 Å². The van der Waals surface area contributed by atoms with Crippen molar-refractivity contribution in [2.45, 2.75) is 6.36 Å². The minimum Gasteiger partial charge on any atom is -0.405 e. The molecule has 75 valence electrons. The number of alkyl halides is 3. The lowest BCUT2D eigenvalue weighted by Crippen LogP contribution is -2.17. The smallest absolute Gasteiger partial charge is 0.405 e. The van der Waals surface area contributed by atoms with Crippen molar-refractivity contribution in [2.24, 2.45) is 0 Å². The van der Waals surface area contributed by atoms with Gasteiger partial charge in [-0.1, -0.05) is 12.6 Å². The van der Waals surface area contributed by atoms with Crippen LogP contribution in [0.4, 0.5) is 13.2 Å². The summed E-state index contributed by atoms with van der Waals surface area (Å²) in [6.45, 7) is 3.32. The van der Waals surface area contributed by atoms with Gasteiger partial charge in [0.25, 0.3) is 0 Å². The molecular weight excluding hydrogens is 261 g/mol. The fourth-order valence-electron chi connectivity index (χ4n) is 0.816. The highest BCUT2D eigenvalue weighted by Gasteiger charge is 2.31. The maximum absolute atomic E-state index is 11.9. The van der Waals surface area contributed by atoms with Gasteiger partial charge < -0.3 is 4.74 Å². The predicted molar refractivity (Wildman–Crippen MR) is 48.8 cm³/mol. The van der Waals surface area contributed by atoms with Crippen molar-refractivity contribution in [3.05, 3.63) is 40.9 Å². The number of ether oxygens (including phenoxy) is 1. The van der Waals surface area contributed by atoms with Gasteiger partial charge in [0.05, 0.1) is 4.47 Å². The van der Waals surface area contributed by atoms with Crippen LogP contribution in [0.2, 0.25) is 0 Å². The molecule has 1 radical (unpaired) electrons. The Balaban J connectivity index is 3.01. The molecule has 0 fully saturated rings. The third-order valence-corrected chi connectivity index (χ3v) is 2.02. The molecule has 0 saturated carbocycles. The van der Waals surface area contributed by atoms with Gasteiger partial charge >= 0.3 is 6.36 Å². The monoisotopic (exact) mass is 265 g/mol. The van der Waals surface area contributed by atoms with Gasteiger partial charge in [0.1, 0.15) is 5.75 Å². The van der Waals surface area contributed by atoms with Crippen LogP contribution in [-0.4, -0.2) is 6.36 Å². The van der Waals surface area contributed by atoms with Crippen LogP contribution in [0.5, 0.6) is 5.75 Å². The lowest BCUT2D eigenvalue weighted by atomic mass is 10.2. The van der Waals surface area contributed by atoms with Crippen LogP contribution < -0.4 is 4.74 Å². The van der Waals surface area contributed by atoms with E-state index >= 15 is 0 Å². The maximum atomic E-state index is 11.9. The van der Waals surface area contributed by atoms with Crippen molar-refractivity contribution in [1.82, 2.24) is 0 Å². The molecule has 1 nitrogen and oxygen atoms in total. The summed E-state index contributed by atoms with van der Waals surface area (Å²) in [5.74, 6) is -0.300. The molecule has 0 N–H and O–H groups in total. The van der Waals surface area contributed by atoms with Gasteiger partial charge in [-0.05, 0) is 39.7 Å². The zero-order valence-electron chi connectivity index (χ0n) is 6.86. The van der Waals surface area contributed by atoms with Crippen LogP contribution >= 0.6 is 15.9 Å². The topological polar surface area (TPSA) is 9.23 Å². The van der Waals surface area contributed by atoms with E-state index in [-0.39, 0.29) is 10.2 Å². The van der Waals surface area contributed by atoms with Crippen molar-refractivity contribution in [1.29, 1.82) is 0 Å². The van der Waals surface area contributed by atoms with Gasteiger partial charge in [-0.3, -0.25) is 0 Å². The largest absolute Gasteiger partial charge is 0.573 e. The van der Waals surface area contributed by atoms with Crippen LogP contribution in [0, 0.1) is 6.08 Å². The van der Waals surface area contributed by atoms with Gasteiger partial charge in [-0.25, -0.2) is 0 Å². The fraction of sp³-hybridized carbons (Fsp3) is 0.111. The van der Waals surface area contributed by atoms with Crippen molar-refractivity contribution in [2.75, 3.05) is 0 Å². The maximum Gasteiger partial charge on any atom is 0.573 e. The molecule has 5 heteroatoms. The highest BCUT2D eigenvalue weighted by atomic mass is 79.9. The number of benzene rings is 1. The average molecular weight is 266 g/mol. The molecule has 1 rings (SSSR count). The Morgan fingerprint density at radius 3 is 2.50 bits per heavy atom. The van der Waals surface area contributed by atoms with E-state index in [1.54, 1.807) is 6.07 Å². The Morgan fingerprint density at radius 2 is 2.00 bits per heavy atom. The van der Waals surface area contributed by atoms with Crippen LogP contribution in [0.15, 0.2) is 29.3 Å². The van der Waals surface area contributed by atoms with E-state index in [9.17, 15) is 13.2 Å². The Morgan fingerprint density at radius 1 is 1.36 bits per heavy atom. The first-order valence-corrected chi connectivity index (χ1v) is 4.30. The van der Waals surface area contributed by atoms with E-state index in [2.05, 4.69) is 33.3 Å². The standard InChI is InChI=1S/C9H5BrF3O/c1-2-6-3-4-7(10)8(5-6)14-9(11,12)13/h3-5H,1H2.